The summed E-state index contributed by atoms with van der Waals surface area (Å²) < 4.78 is 10.3. The van der Waals surface area contributed by atoms with E-state index in [0.717, 1.165) is 16.0 Å². The summed E-state index contributed by atoms with van der Waals surface area (Å²) in [6.07, 6.45) is -0.0869. The van der Waals surface area contributed by atoms with E-state index in [9.17, 15) is 19.2 Å². The summed E-state index contributed by atoms with van der Waals surface area (Å²) in [4.78, 5) is 48.8. The summed E-state index contributed by atoms with van der Waals surface area (Å²) in [6.45, 7) is 0.0184. The van der Waals surface area contributed by atoms with Gasteiger partial charge in [0.25, 0.3) is 0 Å². The van der Waals surface area contributed by atoms with E-state index in [4.69, 9.17) is 14.6 Å². The Balaban J connectivity index is 1.77. The molecule has 2 rings (SSSR count). The molecule has 0 aliphatic carbocycles. The van der Waals surface area contributed by atoms with E-state index in [2.05, 4.69) is 10.6 Å². The van der Waals surface area contributed by atoms with Crippen molar-refractivity contribution in [2.24, 2.45) is 0 Å². The lowest BCUT2D eigenvalue weighted by molar-refractivity contribution is -0.144. The Morgan fingerprint density at radius 3 is 1.94 bits per heavy atom. The molecule has 0 radical (unpaired) electrons. The molecule has 188 valence electrons. The lowest BCUT2D eigenvalue weighted by atomic mass is 10.1. The molecule has 0 saturated heterocycles. The fraction of sp³-hybridized carbons (Fsp3) is 0.360. The molecule has 0 saturated carbocycles. The number of likely N-dealkylation sites (N-methyl/N-ethyl adjacent to an activating group) is 1. The first-order valence-corrected chi connectivity index (χ1v) is 11.2. The van der Waals surface area contributed by atoms with Gasteiger partial charge < -0.3 is 30.1 Å². The Labute approximate surface area is 204 Å². The summed E-state index contributed by atoms with van der Waals surface area (Å²) in [6, 6.07) is 17.4. The number of hydrogen-bond acceptors (Lipinski definition) is 6. The standard InChI is InChI=1S/C25H31N3O7/c1-28(16-22(29)30)23(31)21(27-25(33)35-18-20-12-6-3-7-13-20)14-8-9-15-26-24(32)34-17-19-10-4-2-5-11-19/h2-7,10-13,21H,8-9,14-18H2,1H3,(H,26,32)(H,27,33)(H,29,30)/t21-/m1/s1. The zero-order valence-corrected chi connectivity index (χ0v) is 19.6. The zero-order valence-electron chi connectivity index (χ0n) is 19.6. The number of carboxylic acids is 1. The molecular formula is C25H31N3O7. The van der Waals surface area contributed by atoms with Crippen molar-refractivity contribution in [3.05, 3.63) is 71.8 Å². The van der Waals surface area contributed by atoms with Crippen LogP contribution in [0.4, 0.5) is 9.59 Å². The average molecular weight is 486 g/mol. The van der Waals surface area contributed by atoms with Gasteiger partial charge in [-0.1, -0.05) is 60.7 Å². The first kappa shape index (κ1) is 27.2. The smallest absolute Gasteiger partial charge is 0.408 e. The van der Waals surface area contributed by atoms with Crippen LogP contribution in [0.15, 0.2) is 60.7 Å². The van der Waals surface area contributed by atoms with Crippen LogP contribution in [0.5, 0.6) is 0 Å². The van der Waals surface area contributed by atoms with Gasteiger partial charge in [0.05, 0.1) is 0 Å². The third-order valence-electron chi connectivity index (χ3n) is 4.95. The molecule has 2 aromatic carbocycles. The third-order valence-corrected chi connectivity index (χ3v) is 4.95. The number of alkyl carbamates (subject to hydrolysis) is 2. The maximum atomic E-state index is 12.7. The molecule has 10 nitrogen and oxygen atoms in total. The van der Waals surface area contributed by atoms with E-state index in [1.807, 2.05) is 48.5 Å². The number of amides is 3. The van der Waals surface area contributed by atoms with Crippen molar-refractivity contribution < 1.29 is 33.8 Å². The second-order valence-corrected chi connectivity index (χ2v) is 7.83. The molecule has 1 atom stereocenters. The minimum Gasteiger partial charge on any atom is -0.480 e. The van der Waals surface area contributed by atoms with Crippen molar-refractivity contribution in [3.8, 4) is 0 Å². The van der Waals surface area contributed by atoms with E-state index in [1.165, 1.54) is 7.05 Å². The highest BCUT2D eigenvalue weighted by Gasteiger charge is 2.25. The Bertz CT molecular complexity index is 954. The Morgan fingerprint density at radius 2 is 1.40 bits per heavy atom. The van der Waals surface area contributed by atoms with Gasteiger partial charge in [-0.25, -0.2) is 9.59 Å². The number of rotatable bonds is 13. The number of nitrogens with one attached hydrogen (secondary N) is 2. The molecule has 0 heterocycles. The molecule has 0 bridgehead atoms. The summed E-state index contributed by atoms with van der Waals surface area (Å²) in [7, 11) is 1.35. The first-order valence-electron chi connectivity index (χ1n) is 11.2. The molecule has 35 heavy (non-hydrogen) atoms. The molecule has 3 amide bonds. The number of nitrogens with zero attached hydrogens (tertiary/aromatic N) is 1. The van der Waals surface area contributed by atoms with Gasteiger partial charge in [-0.15, -0.1) is 0 Å². The minimum atomic E-state index is -1.16. The van der Waals surface area contributed by atoms with Gasteiger partial charge in [0.1, 0.15) is 25.8 Å². The molecule has 0 aliphatic rings. The lowest BCUT2D eigenvalue weighted by Crippen LogP contribution is -2.48. The first-order chi connectivity index (χ1) is 16.8. The maximum absolute atomic E-state index is 12.7. The SMILES string of the molecule is CN(CC(=O)O)C(=O)[C@@H](CCCCNC(=O)OCc1ccccc1)NC(=O)OCc1ccccc1. The van der Waals surface area contributed by atoms with Gasteiger partial charge in [0.15, 0.2) is 0 Å². The molecular weight excluding hydrogens is 454 g/mol. The van der Waals surface area contributed by atoms with Gasteiger partial charge >= 0.3 is 18.2 Å². The van der Waals surface area contributed by atoms with E-state index in [0.29, 0.717) is 19.4 Å². The molecule has 3 N–H and O–H groups in total. The summed E-state index contributed by atoms with van der Waals surface area (Å²) >= 11 is 0. The van der Waals surface area contributed by atoms with Crippen molar-refractivity contribution in [3.63, 3.8) is 0 Å². The van der Waals surface area contributed by atoms with Gasteiger partial charge in [-0.2, -0.15) is 0 Å². The van der Waals surface area contributed by atoms with Crippen molar-refractivity contribution in [2.45, 2.75) is 38.5 Å². The summed E-state index contributed by atoms with van der Waals surface area (Å²) in [5, 5.41) is 14.1. The third kappa shape index (κ3) is 11.1. The van der Waals surface area contributed by atoms with E-state index < -0.39 is 36.6 Å². The van der Waals surface area contributed by atoms with E-state index in [-0.39, 0.29) is 19.6 Å². The van der Waals surface area contributed by atoms with Crippen molar-refractivity contribution >= 4 is 24.1 Å². The van der Waals surface area contributed by atoms with Crippen LogP contribution in [0.2, 0.25) is 0 Å². The number of benzene rings is 2. The number of carbonyl (C=O) groups is 4. The van der Waals surface area contributed by atoms with Gasteiger partial charge in [-0.05, 0) is 30.4 Å². The second-order valence-electron chi connectivity index (χ2n) is 7.83. The van der Waals surface area contributed by atoms with Crippen LogP contribution in [-0.4, -0.2) is 60.2 Å². The van der Waals surface area contributed by atoms with Crippen LogP contribution >= 0.6 is 0 Å². The van der Waals surface area contributed by atoms with Crippen LogP contribution in [0, 0.1) is 0 Å². The summed E-state index contributed by atoms with van der Waals surface area (Å²) in [5.74, 6) is -1.70. The molecule has 2 aromatic rings. The number of ether oxygens (including phenoxy) is 2. The Hall–Kier alpha value is -4.08. The molecule has 0 fully saturated rings. The van der Waals surface area contributed by atoms with Crippen LogP contribution in [0.1, 0.15) is 30.4 Å². The predicted octanol–water partition coefficient (Wildman–Crippen LogP) is 2.92. The number of hydrogen-bond donors (Lipinski definition) is 3. The average Bonchev–Trinajstić information content (AvgIpc) is 2.85. The highest BCUT2D eigenvalue weighted by Crippen LogP contribution is 2.07. The summed E-state index contributed by atoms with van der Waals surface area (Å²) in [5.41, 5.74) is 1.67. The number of unbranched alkanes of at least 4 members (excludes halogenated alkanes) is 1. The van der Waals surface area contributed by atoms with Gasteiger partial charge in [-0.3, -0.25) is 9.59 Å². The highest BCUT2D eigenvalue weighted by atomic mass is 16.6. The van der Waals surface area contributed by atoms with Gasteiger partial charge in [0, 0.05) is 13.6 Å². The van der Waals surface area contributed by atoms with E-state index >= 15 is 0 Å². The molecule has 10 heteroatoms. The quantitative estimate of drug-likeness (QED) is 0.371. The number of carboxylic acid groups (broad SMARTS) is 1. The topological polar surface area (TPSA) is 134 Å². The second kappa shape index (κ2) is 14.9. The van der Waals surface area contributed by atoms with Crippen molar-refractivity contribution in [1.29, 1.82) is 0 Å². The predicted molar refractivity (Wildman–Crippen MR) is 127 cm³/mol. The number of carbonyl (C=O) groups excluding carboxylic acids is 3. The Kier molecular flexibility index (Phi) is 11.6. The molecule has 0 unspecified atom stereocenters. The van der Waals surface area contributed by atoms with Crippen molar-refractivity contribution in [1.82, 2.24) is 15.5 Å². The molecule has 0 spiro atoms. The minimum absolute atomic E-state index is 0.0353. The zero-order chi connectivity index (χ0) is 25.5. The normalized spacial score (nSPS) is 11.1. The number of aliphatic carboxylic acids is 1. The Morgan fingerprint density at radius 1 is 0.857 bits per heavy atom. The van der Waals surface area contributed by atoms with Crippen LogP contribution in [0.3, 0.4) is 0 Å². The van der Waals surface area contributed by atoms with Crippen LogP contribution < -0.4 is 10.6 Å². The molecule has 0 aromatic heterocycles. The van der Waals surface area contributed by atoms with Gasteiger partial charge in [0.2, 0.25) is 5.91 Å². The highest BCUT2D eigenvalue weighted by molar-refractivity contribution is 5.87. The largest absolute Gasteiger partial charge is 0.480 e. The van der Waals surface area contributed by atoms with E-state index in [1.54, 1.807) is 12.1 Å². The maximum Gasteiger partial charge on any atom is 0.408 e. The lowest BCUT2D eigenvalue weighted by Gasteiger charge is -2.23. The fourth-order valence-electron chi connectivity index (χ4n) is 3.15. The molecule has 0 aliphatic heterocycles. The monoisotopic (exact) mass is 485 g/mol. The van der Waals surface area contributed by atoms with Crippen molar-refractivity contribution in [2.75, 3.05) is 20.1 Å². The van der Waals surface area contributed by atoms with Crippen LogP contribution in [-0.2, 0) is 32.3 Å². The van der Waals surface area contributed by atoms with Crippen LogP contribution in [0.25, 0.3) is 0 Å². The fourth-order valence-corrected chi connectivity index (χ4v) is 3.15.